The molecule has 176 valence electrons. The summed E-state index contributed by atoms with van der Waals surface area (Å²) >= 11 is 0. The number of hydrogen-bond donors (Lipinski definition) is 1. The van der Waals surface area contributed by atoms with E-state index < -0.39 is 5.41 Å². The first-order valence-corrected chi connectivity index (χ1v) is 11.0. The van der Waals surface area contributed by atoms with Gasteiger partial charge < -0.3 is 24.2 Å². The molecule has 1 unspecified atom stereocenters. The molecule has 0 aliphatic rings. The molecule has 2 rings (SSSR count). The fourth-order valence-corrected chi connectivity index (χ4v) is 3.99. The van der Waals surface area contributed by atoms with E-state index in [-0.39, 0.29) is 12.6 Å². The molecule has 2 aromatic carbocycles. The van der Waals surface area contributed by atoms with Crippen LogP contribution in [0.2, 0.25) is 0 Å². The monoisotopic (exact) mass is 443 g/mol. The number of hydrogen-bond acceptors (Lipinski definition) is 6. The van der Waals surface area contributed by atoms with Gasteiger partial charge in [-0.2, -0.15) is 0 Å². The molecule has 0 fully saturated rings. The quantitative estimate of drug-likeness (QED) is 0.502. The molecule has 1 atom stereocenters. The Morgan fingerprint density at radius 1 is 1.03 bits per heavy atom. The number of aryl methyl sites for hydroxylation is 1. The smallest absolute Gasteiger partial charge is 0.315 e. The van der Waals surface area contributed by atoms with Crippen molar-refractivity contribution in [2.75, 3.05) is 41.5 Å². The highest BCUT2D eigenvalue weighted by Gasteiger charge is 2.36. The zero-order valence-corrected chi connectivity index (χ0v) is 20.2. The molecule has 32 heavy (non-hydrogen) atoms. The van der Waals surface area contributed by atoms with Crippen molar-refractivity contribution < 1.29 is 24.1 Å². The average molecular weight is 444 g/mol. The number of aliphatic hydroxyl groups is 1. The Labute approximate surface area is 192 Å². The van der Waals surface area contributed by atoms with Crippen LogP contribution in [-0.4, -0.2) is 57.4 Å². The van der Waals surface area contributed by atoms with Gasteiger partial charge in [0.15, 0.2) is 0 Å². The Morgan fingerprint density at radius 3 is 2.38 bits per heavy atom. The number of likely N-dealkylation sites (N-methyl/N-ethyl adjacent to an activating group) is 1. The molecule has 0 saturated carbocycles. The Kier molecular flexibility index (Phi) is 9.54. The van der Waals surface area contributed by atoms with E-state index in [1.165, 1.54) is 12.7 Å². The molecule has 0 radical (unpaired) electrons. The summed E-state index contributed by atoms with van der Waals surface area (Å²) in [6.45, 7) is 5.57. The van der Waals surface area contributed by atoms with Crippen molar-refractivity contribution in [1.82, 2.24) is 4.90 Å². The van der Waals surface area contributed by atoms with Gasteiger partial charge in [-0.3, -0.25) is 4.79 Å². The number of aliphatic hydroxyl groups excluding tert-OH is 1. The summed E-state index contributed by atoms with van der Waals surface area (Å²) in [7, 11) is 6.77. The lowest BCUT2D eigenvalue weighted by Gasteiger charge is -2.29. The molecular weight excluding hydrogens is 406 g/mol. The molecule has 0 bridgehead atoms. The van der Waals surface area contributed by atoms with Crippen molar-refractivity contribution in [2.24, 2.45) is 0 Å². The summed E-state index contributed by atoms with van der Waals surface area (Å²) in [6, 6.07) is 11.8. The molecule has 2 aromatic rings. The highest BCUT2D eigenvalue weighted by atomic mass is 16.5. The second-order valence-electron chi connectivity index (χ2n) is 8.47. The standard InChI is InChI=1S/C26H37NO5/c1-19-8-9-20(16-24(19)31-5)12-15-27(3)14-7-13-26(2,25(29)32-6)22-10-11-23(30-4)21(17-22)18-28/h8-11,16-17,28H,7,12-15,18H2,1-6H3. The Balaban J connectivity index is 2.01. The third kappa shape index (κ3) is 6.24. The summed E-state index contributed by atoms with van der Waals surface area (Å²) in [5.41, 5.74) is 3.06. The number of nitrogens with zero attached hydrogens (tertiary/aromatic N) is 1. The maximum atomic E-state index is 12.7. The first-order valence-electron chi connectivity index (χ1n) is 11.0. The Hall–Kier alpha value is -2.57. The number of rotatable bonds is 12. The summed E-state index contributed by atoms with van der Waals surface area (Å²) in [5, 5.41) is 9.67. The first-order chi connectivity index (χ1) is 15.3. The van der Waals surface area contributed by atoms with Crippen LogP contribution >= 0.6 is 0 Å². The van der Waals surface area contributed by atoms with Crippen LogP contribution < -0.4 is 9.47 Å². The molecule has 0 amide bonds. The van der Waals surface area contributed by atoms with Gasteiger partial charge in [0.25, 0.3) is 0 Å². The van der Waals surface area contributed by atoms with E-state index in [2.05, 4.69) is 30.1 Å². The van der Waals surface area contributed by atoms with Gasteiger partial charge in [0, 0.05) is 12.1 Å². The maximum Gasteiger partial charge on any atom is 0.315 e. The molecule has 6 nitrogen and oxygen atoms in total. The summed E-state index contributed by atoms with van der Waals surface area (Å²) in [5.74, 6) is 1.25. The van der Waals surface area contributed by atoms with Crippen LogP contribution in [0, 0.1) is 6.92 Å². The zero-order valence-electron chi connectivity index (χ0n) is 20.2. The topological polar surface area (TPSA) is 68.2 Å². The van der Waals surface area contributed by atoms with E-state index in [9.17, 15) is 9.90 Å². The highest BCUT2D eigenvalue weighted by Crippen LogP contribution is 2.34. The van der Waals surface area contributed by atoms with Gasteiger partial charge in [0.05, 0.1) is 33.4 Å². The van der Waals surface area contributed by atoms with E-state index in [1.54, 1.807) is 20.3 Å². The van der Waals surface area contributed by atoms with Crippen LogP contribution in [0.4, 0.5) is 0 Å². The molecular formula is C26H37NO5. The number of methoxy groups -OCH3 is 3. The first kappa shape index (κ1) is 25.7. The van der Waals surface area contributed by atoms with Gasteiger partial charge in [-0.15, -0.1) is 0 Å². The van der Waals surface area contributed by atoms with Gasteiger partial charge >= 0.3 is 5.97 Å². The lowest BCUT2D eigenvalue weighted by Crippen LogP contribution is -2.35. The maximum absolute atomic E-state index is 12.7. The largest absolute Gasteiger partial charge is 0.496 e. The van der Waals surface area contributed by atoms with Gasteiger partial charge in [-0.05, 0) is 81.6 Å². The molecule has 1 N–H and O–H groups in total. The minimum Gasteiger partial charge on any atom is -0.496 e. The van der Waals surface area contributed by atoms with Crippen LogP contribution in [-0.2, 0) is 28.0 Å². The normalized spacial score (nSPS) is 13.0. The zero-order chi connectivity index (χ0) is 23.7. The second-order valence-corrected chi connectivity index (χ2v) is 8.47. The summed E-state index contributed by atoms with van der Waals surface area (Å²) in [6.07, 6.45) is 2.40. The van der Waals surface area contributed by atoms with Gasteiger partial charge in [-0.25, -0.2) is 0 Å². The van der Waals surface area contributed by atoms with Gasteiger partial charge in [-0.1, -0.05) is 18.2 Å². The van der Waals surface area contributed by atoms with E-state index in [1.807, 2.05) is 26.0 Å². The summed E-state index contributed by atoms with van der Waals surface area (Å²) in [4.78, 5) is 15.0. The molecule has 6 heteroatoms. The molecule has 0 heterocycles. The van der Waals surface area contributed by atoms with Crippen molar-refractivity contribution in [3.63, 3.8) is 0 Å². The van der Waals surface area contributed by atoms with Crippen LogP contribution in [0.3, 0.4) is 0 Å². The van der Waals surface area contributed by atoms with Crippen LogP contribution in [0.15, 0.2) is 36.4 Å². The van der Waals surface area contributed by atoms with E-state index >= 15 is 0 Å². The van der Waals surface area contributed by atoms with E-state index in [0.29, 0.717) is 17.7 Å². The number of benzene rings is 2. The highest BCUT2D eigenvalue weighted by molar-refractivity contribution is 5.82. The van der Waals surface area contributed by atoms with E-state index in [0.717, 1.165) is 42.8 Å². The fraction of sp³-hybridized carbons (Fsp3) is 0.500. The molecule has 0 aliphatic carbocycles. The minimum absolute atomic E-state index is 0.152. The van der Waals surface area contributed by atoms with Crippen molar-refractivity contribution in [2.45, 2.75) is 45.1 Å². The van der Waals surface area contributed by atoms with Gasteiger partial charge in [0.2, 0.25) is 0 Å². The molecule has 0 spiro atoms. The van der Waals surface area contributed by atoms with Crippen LogP contribution in [0.5, 0.6) is 11.5 Å². The predicted molar refractivity (Wildman–Crippen MR) is 126 cm³/mol. The van der Waals surface area contributed by atoms with Gasteiger partial charge in [0.1, 0.15) is 11.5 Å². The number of esters is 1. The predicted octanol–water partition coefficient (Wildman–Crippen LogP) is 3.89. The van der Waals surface area contributed by atoms with Crippen LogP contribution in [0.25, 0.3) is 0 Å². The SMILES string of the molecule is COC(=O)C(C)(CCCN(C)CCc1ccc(C)c(OC)c1)c1ccc(OC)c(CO)c1. The summed E-state index contributed by atoms with van der Waals surface area (Å²) < 4.78 is 15.9. The van der Waals surface area contributed by atoms with Crippen molar-refractivity contribution >= 4 is 5.97 Å². The number of carbonyl (C=O) groups is 1. The van der Waals surface area contributed by atoms with E-state index in [4.69, 9.17) is 14.2 Å². The van der Waals surface area contributed by atoms with Crippen molar-refractivity contribution in [1.29, 1.82) is 0 Å². The third-order valence-electron chi connectivity index (χ3n) is 6.20. The Morgan fingerprint density at radius 2 is 1.75 bits per heavy atom. The number of ether oxygens (including phenoxy) is 3. The minimum atomic E-state index is -0.796. The molecule has 0 aliphatic heterocycles. The molecule has 0 aromatic heterocycles. The lowest BCUT2D eigenvalue weighted by molar-refractivity contribution is -0.147. The average Bonchev–Trinajstić information content (AvgIpc) is 2.82. The fourth-order valence-electron chi connectivity index (χ4n) is 3.99. The van der Waals surface area contributed by atoms with Crippen molar-refractivity contribution in [3.05, 3.63) is 58.7 Å². The Bertz CT molecular complexity index is 898. The third-order valence-corrected chi connectivity index (χ3v) is 6.20. The van der Waals surface area contributed by atoms with Crippen LogP contribution in [0.1, 0.15) is 42.0 Å². The lowest BCUT2D eigenvalue weighted by atomic mass is 9.78. The molecule has 0 saturated heterocycles. The van der Waals surface area contributed by atoms with Crippen molar-refractivity contribution in [3.8, 4) is 11.5 Å². The second kappa shape index (κ2) is 11.9. The number of carbonyl (C=O) groups excluding carboxylic acids is 1.